The fraction of sp³-hybridized carbons (Fsp3) is 0. The Hall–Kier alpha value is -3.14. The molecule has 3 rings (SSSR count). The normalized spacial score (nSPS) is 10.5. The summed E-state index contributed by atoms with van der Waals surface area (Å²) < 4.78 is 4.88. The second kappa shape index (κ2) is 3.96. The Morgan fingerprint density at radius 3 is 2.89 bits per heavy atom. The van der Waals surface area contributed by atoms with Gasteiger partial charge in [-0.15, -0.1) is 0 Å². The SMILES string of the molecule is N#Cc1cc(=O)[nH]nc1-c1ccc2oc(=O)[nH]c2c1. The molecule has 7 nitrogen and oxygen atoms in total. The van der Waals surface area contributed by atoms with Gasteiger partial charge in [0.25, 0.3) is 5.56 Å². The summed E-state index contributed by atoms with van der Waals surface area (Å²) in [7, 11) is 0. The zero-order chi connectivity index (χ0) is 13.4. The number of hydrogen-bond donors (Lipinski definition) is 2. The molecule has 0 aliphatic heterocycles. The molecule has 0 saturated carbocycles. The largest absolute Gasteiger partial charge is 0.417 e. The smallest absolute Gasteiger partial charge is 0.408 e. The lowest BCUT2D eigenvalue weighted by atomic mass is 10.1. The van der Waals surface area contributed by atoms with Crippen LogP contribution in [0.5, 0.6) is 0 Å². The average molecular weight is 254 g/mol. The van der Waals surface area contributed by atoms with Gasteiger partial charge in [0.05, 0.1) is 11.1 Å². The number of nitriles is 1. The lowest BCUT2D eigenvalue weighted by Crippen LogP contribution is -2.08. The van der Waals surface area contributed by atoms with Gasteiger partial charge in [-0.05, 0) is 18.2 Å². The molecule has 3 aromatic rings. The third kappa shape index (κ3) is 1.81. The highest BCUT2D eigenvalue weighted by atomic mass is 16.4. The number of benzene rings is 1. The minimum Gasteiger partial charge on any atom is -0.408 e. The number of nitrogens with one attached hydrogen (secondary N) is 2. The topological polar surface area (TPSA) is 116 Å². The zero-order valence-electron chi connectivity index (χ0n) is 9.43. The molecule has 1 aromatic carbocycles. The predicted molar refractivity (Wildman–Crippen MR) is 65.4 cm³/mol. The molecule has 7 heteroatoms. The molecule has 2 aromatic heterocycles. The van der Waals surface area contributed by atoms with Gasteiger partial charge in [-0.1, -0.05) is 0 Å². The summed E-state index contributed by atoms with van der Waals surface area (Å²) in [6.45, 7) is 0. The summed E-state index contributed by atoms with van der Waals surface area (Å²) in [5, 5.41) is 15.1. The number of aromatic amines is 2. The molecule has 0 radical (unpaired) electrons. The first-order valence-electron chi connectivity index (χ1n) is 5.30. The van der Waals surface area contributed by atoms with Gasteiger partial charge in [0.2, 0.25) is 0 Å². The Morgan fingerprint density at radius 2 is 2.11 bits per heavy atom. The van der Waals surface area contributed by atoms with Gasteiger partial charge in [0.15, 0.2) is 5.58 Å². The van der Waals surface area contributed by atoms with Crippen molar-refractivity contribution in [1.82, 2.24) is 15.2 Å². The van der Waals surface area contributed by atoms with Crippen LogP contribution in [0.4, 0.5) is 0 Å². The van der Waals surface area contributed by atoms with Gasteiger partial charge in [-0.2, -0.15) is 10.4 Å². The molecule has 0 amide bonds. The summed E-state index contributed by atoms with van der Waals surface area (Å²) in [6.07, 6.45) is 0. The Bertz CT molecular complexity index is 926. The van der Waals surface area contributed by atoms with Gasteiger partial charge >= 0.3 is 5.76 Å². The number of fused-ring (bicyclic) bond motifs is 1. The Morgan fingerprint density at radius 1 is 1.26 bits per heavy atom. The van der Waals surface area contributed by atoms with E-state index in [1.165, 1.54) is 6.07 Å². The van der Waals surface area contributed by atoms with E-state index in [-0.39, 0.29) is 5.56 Å². The number of H-pyrrole nitrogens is 2. The first-order chi connectivity index (χ1) is 9.17. The summed E-state index contributed by atoms with van der Waals surface area (Å²) in [4.78, 5) is 24.7. The molecule has 2 heterocycles. The van der Waals surface area contributed by atoms with Crippen molar-refractivity contribution in [2.45, 2.75) is 0 Å². The minimum atomic E-state index is -0.554. The third-order valence-corrected chi connectivity index (χ3v) is 2.62. The molecule has 92 valence electrons. The molecule has 19 heavy (non-hydrogen) atoms. The fourth-order valence-corrected chi connectivity index (χ4v) is 1.81. The molecular weight excluding hydrogens is 248 g/mol. The van der Waals surface area contributed by atoms with Crippen molar-refractivity contribution in [3.63, 3.8) is 0 Å². The Labute approximate surface area is 105 Å². The van der Waals surface area contributed by atoms with Gasteiger partial charge in [-0.25, -0.2) is 9.89 Å². The summed E-state index contributed by atoms with van der Waals surface area (Å²) >= 11 is 0. The van der Waals surface area contributed by atoms with Gasteiger partial charge in [0.1, 0.15) is 11.8 Å². The molecule has 0 unspecified atom stereocenters. The van der Waals surface area contributed by atoms with E-state index in [0.717, 1.165) is 0 Å². The van der Waals surface area contributed by atoms with Crippen molar-refractivity contribution in [3.8, 4) is 17.3 Å². The van der Waals surface area contributed by atoms with Crippen LogP contribution in [0.1, 0.15) is 5.56 Å². The Kier molecular flexibility index (Phi) is 2.29. The molecule has 0 aliphatic rings. The molecule has 0 saturated heterocycles. The molecule has 0 aliphatic carbocycles. The van der Waals surface area contributed by atoms with E-state index in [2.05, 4.69) is 15.2 Å². The van der Waals surface area contributed by atoms with E-state index in [4.69, 9.17) is 9.68 Å². The molecule has 2 N–H and O–H groups in total. The maximum absolute atomic E-state index is 11.1. The number of rotatable bonds is 1. The van der Waals surface area contributed by atoms with Crippen molar-refractivity contribution < 1.29 is 4.42 Å². The first kappa shape index (κ1) is 11.0. The van der Waals surface area contributed by atoms with Crippen molar-refractivity contribution in [1.29, 1.82) is 5.26 Å². The molecule has 0 bridgehead atoms. The third-order valence-electron chi connectivity index (χ3n) is 2.62. The predicted octanol–water partition coefficient (Wildman–Crippen LogP) is 0.743. The standard InChI is InChI=1S/C12H6N4O3/c13-5-7-4-10(17)15-16-11(7)6-1-2-9-8(3-6)14-12(18)19-9/h1-4H,(H,14,18)(H,15,17). The monoisotopic (exact) mass is 254 g/mol. The van der Waals surface area contributed by atoms with Crippen LogP contribution < -0.4 is 11.3 Å². The van der Waals surface area contributed by atoms with Crippen LogP contribution in [0.2, 0.25) is 0 Å². The summed E-state index contributed by atoms with van der Waals surface area (Å²) in [5.41, 5.74) is 1.56. The second-order valence-electron chi connectivity index (χ2n) is 3.83. The average Bonchev–Trinajstić information content (AvgIpc) is 2.77. The molecular formula is C12H6N4O3. The van der Waals surface area contributed by atoms with Crippen LogP contribution >= 0.6 is 0 Å². The molecule has 0 atom stereocenters. The second-order valence-corrected chi connectivity index (χ2v) is 3.83. The summed E-state index contributed by atoms with van der Waals surface area (Å²) in [6, 6.07) is 7.96. The van der Waals surface area contributed by atoms with Crippen molar-refractivity contribution in [2.24, 2.45) is 0 Å². The van der Waals surface area contributed by atoms with Crippen LogP contribution in [0.25, 0.3) is 22.4 Å². The highest BCUT2D eigenvalue weighted by molar-refractivity contribution is 5.80. The van der Waals surface area contributed by atoms with Crippen molar-refractivity contribution in [3.05, 3.63) is 50.7 Å². The highest BCUT2D eigenvalue weighted by Crippen LogP contribution is 2.22. The van der Waals surface area contributed by atoms with E-state index in [9.17, 15) is 9.59 Å². The minimum absolute atomic E-state index is 0.161. The molecule has 0 fully saturated rings. The van der Waals surface area contributed by atoms with Gasteiger partial charge in [-0.3, -0.25) is 9.78 Å². The maximum atomic E-state index is 11.1. The van der Waals surface area contributed by atoms with E-state index < -0.39 is 11.3 Å². The van der Waals surface area contributed by atoms with E-state index in [1.807, 2.05) is 6.07 Å². The van der Waals surface area contributed by atoms with Crippen LogP contribution in [0.15, 0.2) is 38.3 Å². The molecule has 0 spiro atoms. The van der Waals surface area contributed by atoms with E-state index in [1.54, 1.807) is 18.2 Å². The van der Waals surface area contributed by atoms with Crippen molar-refractivity contribution in [2.75, 3.05) is 0 Å². The first-order valence-corrected chi connectivity index (χ1v) is 5.30. The number of aromatic nitrogens is 3. The summed E-state index contributed by atoms with van der Waals surface area (Å²) in [5.74, 6) is -0.554. The number of nitrogens with zero attached hydrogens (tertiary/aromatic N) is 2. The number of hydrogen-bond acceptors (Lipinski definition) is 5. The van der Waals surface area contributed by atoms with Crippen LogP contribution in [-0.4, -0.2) is 15.2 Å². The van der Waals surface area contributed by atoms with Crippen molar-refractivity contribution >= 4 is 11.1 Å². The maximum Gasteiger partial charge on any atom is 0.417 e. The van der Waals surface area contributed by atoms with E-state index in [0.29, 0.717) is 22.4 Å². The van der Waals surface area contributed by atoms with Crippen LogP contribution in [0.3, 0.4) is 0 Å². The van der Waals surface area contributed by atoms with Crippen LogP contribution in [0, 0.1) is 11.3 Å². The van der Waals surface area contributed by atoms with Gasteiger partial charge < -0.3 is 4.42 Å². The van der Waals surface area contributed by atoms with Crippen LogP contribution in [-0.2, 0) is 0 Å². The zero-order valence-corrected chi connectivity index (χ0v) is 9.43. The lowest BCUT2D eigenvalue weighted by Gasteiger charge is -2.01. The lowest BCUT2D eigenvalue weighted by molar-refractivity contribution is 0.555. The van der Waals surface area contributed by atoms with Gasteiger partial charge in [0, 0.05) is 11.6 Å². The fourth-order valence-electron chi connectivity index (χ4n) is 1.81. The Balaban J connectivity index is 2.27. The van der Waals surface area contributed by atoms with E-state index >= 15 is 0 Å². The highest BCUT2D eigenvalue weighted by Gasteiger charge is 2.10. The quantitative estimate of drug-likeness (QED) is 0.664. The number of oxazole rings is 1.